The van der Waals surface area contributed by atoms with Gasteiger partial charge < -0.3 is 10.2 Å². The largest absolute Gasteiger partial charge is 0.371 e. The van der Waals surface area contributed by atoms with E-state index in [1.165, 1.54) is 37.1 Å². The first-order valence-electron chi connectivity index (χ1n) is 7.32. The fourth-order valence-corrected chi connectivity index (χ4v) is 3.29. The molecule has 1 aromatic carbocycles. The molecular formula is C16H25ClN2. The molecule has 2 rings (SSSR count). The van der Waals surface area contributed by atoms with Crippen LogP contribution in [0, 0.1) is 5.41 Å². The number of hydrogen-bond acceptors (Lipinski definition) is 2. The zero-order valence-electron chi connectivity index (χ0n) is 12.3. The summed E-state index contributed by atoms with van der Waals surface area (Å²) in [5.41, 5.74) is 2.95. The van der Waals surface area contributed by atoms with E-state index in [9.17, 15) is 0 Å². The summed E-state index contributed by atoms with van der Waals surface area (Å²) in [6.07, 6.45) is 3.84. The number of hydrogen-bond donors (Lipinski definition) is 1. The molecule has 1 aliphatic heterocycles. The molecular weight excluding hydrogens is 256 g/mol. The molecule has 2 nitrogen and oxygen atoms in total. The summed E-state index contributed by atoms with van der Waals surface area (Å²) in [6.45, 7) is 7.78. The number of rotatable bonds is 5. The van der Waals surface area contributed by atoms with Crippen LogP contribution in [-0.2, 0) is 6.54 Å². The minimum Gasteiger partial charge on any atom is -0.371 e. The van der Waals surface area contributed by atoms with Gasteiger partial charge in [0.1, 0.15) is 0 Å². The van der Waals surface area contributed by atoms with Crippen LogP contribution in [-0.4, -0.2) is 20.1 Å². The van der Waals surface area contributed by atoms with Gasteiger partial charge in [0, 0.05) is 30.3 Å². The normalized spacial score (nSPS) is 18.0. The zero-order chi connectivity index (χ0) is 13.9. The fraction of sp³-hybridized carbons (Fsp3) is 0.625. The van der Waals surface area contributed by atoms with Gasteiger partial charge in [-0.15, -0.1) is 0 Å². The molecule has 1 aromatic rings. The molecule has 0 unspecified atom stereocenters. The molecule has 1 fully saturated rings. The second-order valence-corrected chi connectivity index (χ2v) is 6.09. The molecule has 0 spiro atoms. The van der Waals surface area contributed by atoms with Crippen LogP contribution in [0.5, 0.6) is 0 Å². The van der Waals surface area contributed by atoms with Crippen molar-refractivity contribution in [2.75, 3.05) is 25.0 Å². The second-order valence-electron chi connectivity index (χ2n) is 5.68. The average Bonchev–Trinajstić information content (AvgIpc) is 2.86. The zero-order valence-corrected chi connectivity index (χ0v) is 13.1. The van der Waals surface area contributed by atoms with Crippen molar-refractivity contribution >= 4 is 17.3 Å². The molecule has 0 bridgehead atoms. The van der Waals surface area contributed by atoms with Gasteiger partial charge >= 0.3 is 0 Å². The van der Waals surface area contributed by atoms with E-state index in [0.29, 0.717) is 5.41 Å². The van der Waals surface area contributed by atoms with Crippen molar-refractivity contribution in [2.45, 2.75) is 39.7 Å². The van der Waals surface area contributed by atoms with Crippen molar-refractivity contribution in [2.24, 2.45) is 5.41 Å². The SMILES string of the molecule is CCC1(CC)CCN(c2ccc(CNC)c(Cl)c2)C1. The number of anilines is 1. The van der Waals surface area contributed by atoms with Crippen molar-refractivity contribution < 1.29 is 0 Å². The quantitative estimate of drug-likeness (QED) is 0.874. The summed E-state index contributed by atoms with van der Waals surface area (Å²) in [7, 11) is 1.95. The van der Waals surface area contributed by atoms with Crippen molar-refractivity contribution in [3.63, 3.8) is 0 Å². The monoisotopic (exact) mass is 280 g/mol. The Labute approximate surface area is 122 Å². The highest BCUT2D eigenvalue weighted by molar-refractivity contribution is 6.31. The van der Waals surface area contributed by atoms with Crippen molar-refractivity contribution in [3.8, 4) is 0 Å². The highest BCUT2D eigenvalue weighted by atomic mass is 35.5. The molecule has 3 heteroatoms. The number of nitrogens with zero attached hydrogens (tertiary/aromatic N) is 1. The lowest BCUT2D eigenvalue weighted by atomic mass is 9.82. The summed E-state index contributed by atoms with van der Waals surface area (Å²) in [5, 5.41) is 4.02. The van der Waals surface area contributed by atoms with E-state index >= 15 is 0 Å². The molecule has 1 N–H and O–H groups in total. The first-order valence-corrected chi connectivity index (χ1v) is 7.70. The smallest absolute Gasteiger partial charge is 0.0471 e. The van der Waals surface area contributed by atoms with Gasteiger partial charge in [0.05, 0.1) is 0 Å². The molecule has 0 aliphatic carbocycles. The van der Waals surface area contributed by atoms with Crippen LogP contribution in [0.1, 0.15) is 38.7 Å². The van der Waals surface area contributed by atoms with Gasteiger partial charge in [0.2, 0.25) is 0 Å². The van der Waals surface area contributed by atoms with Gasteiger partial charge in [0.15, 0.2) is 0 Å². The molecule has 19 heavy (non-hydrogen) atoms. The van der Waals surface area contributed by atoms with E-state index in [-0.39, 0.29) is 0 Å². The van der Waals surface area contributed by atoms with Crippen LogP contribution in [0.4, 0.5) is 5.69 Å². The Bertz CT molecular complexity index is 427. The Balaban J connectivity index is 2.13. The topological polar surface area (TPSA) is 15.3 Å². The predicted molar refractivity (Wildman–Crippen MR) is 84.1 cm³/mol. The highest BCUT2D eigenvalue weighted by Crippen LogP contribution is 2.39. The van der Waals surface area contributed by atoms with E-state index in [2.05, 4.69) is 42.3 Å². The maximum Gasteiger partial charge on any atom is 0.0471 e. The third-order valence-electron chi connectivity index (χ3n) is 4.71. The lowest BCUT2D eigenvalue weighted by Crippen LogP contribution is -2.26. The summed E-state index contributed by atoms with van der Waals surface area (Å²) in [6, 6.07) is 6.47. The molecule has 0 aromatic heterocycles. The van der Waals surface area contributed by atoms with Gasteiger partial charge in [-0.2, -0.15) is 0 Å². The Morgan fingerprint density at radius 3 is 2.58 bits per heavy atom. The Morgan fingerprint density at radius 2 is 2.05 bits per heavy atom. The van der Waals surface area contributed by atoms with Crippen LogP contribution >= 0.6 is 11.6 Å². The lowest BCUT2D eigenvalue weighted by Gasteiger charge is -2.27. The molecule has 0 atom stereocenters. The highest BCUT2D eigenvalue weighted by Gasteiger charge is 2.34. The van der Waals surface area contributed by atoms with Crippen LogP contribution in [0.2, 0.25) is 5.02 Å². The van der Waals surface area contributed by atoms with Gasteiger partial charge in [-0.05, 0) is 49.4 Å². The van der Waals surface area contributed by atoms with Crippen LogP contribution in [0.3, 0.4) is 0 Å². The van der Waals surface area contributed by atoms with Gasteiger partial charge in [-0.1, -0.05) is 31.5 Å². The molecule has 1 aliphatic rings. The number of benzene rings is 1. The minimum absolute atomic E-state index is 0.510. The Morgan fingerprint density at radius 1 is 1.32 bits per heavy atom. The van der Waals surface area contributed by atoms with Gasteiger partial charge in [-0.25, -0.2) is 0 Å². The molecule has 0 radical (unpaired) electrons. The van der Waals surface area contributed by atoms with E-state index in [4.69, 9.17) is 11.6 Å². The second kappa shape index (κ2) is 6.15. The number of halogens is 1. The lowest BCUT2D eigenvalue weighted by molar-refractivity contribution is 0.301. The van der Waals surface area contributed by atoms with Crippen LogP contribution < -0.4 is 10.2 Å². The third kappa shape index (κ3) is 3.06. The van der Waals surface area contributed by atoms with Crippen molar-refractivity contribution in [3.05, 3.63) is 28.8 Å². The van der Waals surface area contributed by atoms with E-state index in [1.54, 1.807) is 0 Å². The van der Waals surface area contributed by atoms with Crippen molar-refractivity contribution in [1.82, 2.24) is 5.32 Å². The molecule has 106 valence electrons. The summed E-state index contributed by atoms with van der Waals surface area (Å²) < 4.78 is 0. The average molecular weight is 281 g/mol. The summed E-state index contributed by atoms with van der Waals surface area (Å²) in [5.74, 6) is 0. The Hall–Kier alpha value is -0.730. The maximum atomic E-state index is 6.36. The van der Waals surface area contributed by atoms with E-state index in [0.717, 1.165) is 18.1 Å². The van der Waals surface area contributed by atoms with E-state index in [1.807, 2.05) is 7.05 Å². The minimum atomic E-state index is 0.510. The first-order chi connectivity index (χ1) is 9.14. The van der Waals surface area contributed by atoms with Gasteiger partial charge in [-0.3, -0.25) is 0 Å². The van der Waals surface area contributed by atoms with Crippen LogP contribution in [0.25, 0.3) is 0 Å². The summed E-state index contributed by atoms with van der Waals surface area (Å²) in [4.78, 5) is 2.49. The molecule has 0 amide bonds. The predicted octanol–water partition coefficient (Wildman–Crippen LogP) is 4.08. The van der Waals surface area contributed by atoms with E-state index < -0.39 is 0 Å². The maximum absolute atomic E-state index is 6.36. The van der Waals surface area contributed by atoms with Crippen LogP contribution in [0.15, 0.2) is 18.2 Å². The fourth-order valence-electron chi connectivity index (χ4n) is 3.05. The molecule has 1 heterocycles. The van der Waals surface area contributed by atoms with Crippen molar-refractivity contribution in [1.29, 1.82) is 0 Å². The molecule has 0 saturated carbocycles. The number of nitrogens with one attached hydrogen (secondary N) is 1. The first kappa shape index (κ1) is 14.7. The molecule has 1 saturated heterocycles. The third-order valence-corrected chi connectivity index (χ3v) is 5.06. The standard InChI is InChI=1S/C16H25ClN2/c1-4-16(5-2)8-9-19(12-16)14-7-6-13(11-18-3)15(17)10-14/h6-7,10,18H,4-5,8-9,11-12H2,1-3H3. The Kier molecular flexibility index (Phi) is 4.75. The van der Waals surface area contributed by atoms with Gasteiger partial charge in [0.25, 0.3) is 0 Å². The summed E-state index contributed by atoms with van der Waals surface area (Å²) >= 11 is 6.36.